The summed E-state index contributed by atoms with van der Waals surface area (Å²) < 4.78 is 0. The molecule has 13 nitrogen and oxygen atoms in total. The van der Waals surface area contributed by atoms with Crippen molar-refractivity contribution in [2.75, 3.05) is 18.0 Å². The Balaban J connectivity index is 0.000000413. The lowest BCUT2D eigenvalue weighted by molar-refractivity contribution is -0.140. The number of phenolic OH excluding ortho intramolecular Hbond substituents is 1. The van der Waals surface area contributed by atoms with Crippen molar-refractivity contribution in [1.29, 1.82) is 5.41 Å². The second-order valence-corrected chi connectivity index (χ2v) is 10.1. The Labute approximate surface area is 250 Å². The zero-order chi connectivity index (χ0) is 31.9. The highest BCUT2D eigenvalue weighted by molar-refractivity contribution is 6.03. The Morgan fingerprint density at radius 3 is 2.42 bits per heavy atom. The summed E-state index contributed by atoms with van der Waals surface area (Å²) in [6.45, 7) is 4.50. The normalized spacial score (nSPS) is 15.4. The highest BCUT2D eigenvalue weighted by Crippen LogP contribution is 2.22. The van der Waals surface area contributed by atoms with Gasteiger partial charge in [0.25, 0.3) is 0 Å². The summed E-state index contributed by atoms with van der Waals surface area (Å²) in [4.78, 5) is 49.3. The van der Waals surface area contributed by atoms with Crippen LogP contribution >= 0.6 is 0 Å². The van der Waals surface area contributed by atoms with Crippen LogP contribution < -0.4 is 32.3 Å². The number of carbonyl (C=O) groups excluding carboxylic acids is 3. The third-order valence-electron chi connectivity index (χ3n) is 6.56. The van der Waals surface area contributed by atoms with Crippen molar-refractivity contribution in [3.63, 3.8) is 0 Å². The molecule has 1 aliphatic rings. The number of aryl methyl sites for hydroxylation is 1. The molecule has 10 N–H and O–H groups in total. The number of aliphatic carboxylic acids is 1. The molecule has 0 spiro atoms. The standard InChI is InChI=1S/C20H30N6O4.C10H11NO2/c1-13(25-17(27)15-9-5-11-23-15)18(28)26(14-7-3-2-4-8-14)16(19(29)30)10-6-12-24-20(21)22;1-7-2-3-8(9(12)6-7)4-5-10(11)13/h2-4,7-8,13,15-16,23H,5-6,9-12H2,1H3,(H,25,27)(H,29,30)(H4,21,22,24);2-6,12H,1H3,(H2,11,13)/b;5-4-/t13-,15-,16-;/m0./s1. The van der Waals surface area contributed by atoms with Crippen molar-refractivity contribution >= 4 is 41.4 Å². The number of rotatable bonds is 12. The second-order valence-electron chi connectivity index (χ2n) is 10.1. The van der Waals surface area contributed by atoms with Crippen molar-refractivity contribution in [2.45, 2.75) is 57.7 Å². The minimum Gasteiger partial charge on any atom is -0.507 e. The molecule has 0 unspecified atom stereocenters. The van der Waals surface area contributed by atoms with Crippen LogP contribution in [0, 0.1) is 12.3 Å². The van der Waals surface area contributed by atoms with Crippen molar-refractivity contribution < 1.29 is 29.4 Å². The molecular weight excluding hydrogens is 554 g/mol. The average molecular weight is 596 g/mol. The molecule has 0 radical (unpaired) electrons. The van der Waals surface area contributed by atoms with E-state index >= 15 is 0 Å². The number of nitrogens with zero attached hydrogens (tertiary/aromatic N) is 1. The van der Waals surface area contributed by atoms with Gasteiger partial charge in [0, 0.05) is 23.9 Å². The smallest absolute Gasteiger partial charge is 0.326 e. The van der Waals surface area contributed by atoms with Crippen LogP contribution in [0.1, 0.15) is 43.7 Å². The molecule has 0 bridgehead atoms. The Bertz CT molecular complexity index is 1300. The topological polar surface area (TPSA) is 224 Å². The molecule has 13 heteroatoms. The molecule has 0 aliphatic carbocycles. The number of amides is 3. The van der Waals surface area contributed by atoms with Crippen molar-refractivity contribution in [2.24, 2.45) is 11.5 Å². The molecule has 1 saturated heterocycles. The predicted octanol–water partition coefficient (Wildman–Crippen LogP) is 1.19. The van der Waals surface area contributed by atoms with E-state index in [-0.39, 0.29) is 30.1 Å². The van der Waals surface area contributed by atoms with Gasteiger partial charge in [-0.15, -0.1) is 0 Å². The maximum Gasteiger partial charge on any atom is 0.326 e. The van der Waals surface area contributed by atoms with Crippen LogP contribution in [0.3, 0.4) is 0 Å². The van der Waals surface area contributed by atoms with Crippen LogP contribution in [0.2, 0.25) is 0 Å². The van der Waals surface area contributed by atoms with E-state index in [2.05, 4.69) is 16.0 Å². The van der Waals surface area contributed by atoms with E-state index in [1.54, 1.807) is 49.4 Å². The maximum absolute atomic E-state index is 13.2. The summed E-state index contributed by atoms with van der Waals surface area (Å²) in [7, 11) is 0. The van der Waals surface area contributed by atoms with Gasteiger partial charge in [0.2, 0.25) is 17.7 Å². The first-order valence-electron chi connectivity index (χ1n) is 13.9. The molecule has 1 aliphatic heterocycles. The van der Waals surface area contributed by atoms with Gasteiger partial charge in [0.15, 0.2) is 5.96 Å². The third-order valence-corrected chi connectivity index (χ3v) is 6.56. The third kappa shape index (κ3) is 11.5. The number of benzene rings is 2. The Kier molecular flexibility index (Phi) is 13.7. The number of carbonyl (C=O) groups is 4. The fraction of sp³-hybridized carbons (Fsp3) is 0.367. The van der Waals surface area contributed by atoms with Crippen molar-refractivity contribution in [3.8, 4) is 5.75 Å². The minimum absolute atomic E-state index is 0.150. The maximum atomic E-state index is 13.2. The number of primary amides is 1. The van der Waals surface area contributed by atoms with E-state index in [0.717, 1.165) is 18.5 Å². The first-order chi connectivity index (χ1) is 20.4. The van der Waals surface area contributed by atoms with E-state index in [4.69, 9.17) is 16.9 Å². The highest BCUT2D eigenvalue weighted by Gasteiger charge is 2.34. The lowest BCUT2D eigenvalue weighted by atomic mass is 10.1. The molecular formula is C30H41N7O6. The number of para-hydroxylation sites is 1. The number of anilines is 1. The SMILES string of the molecule is C[C@H](NC(=O)[C@@H]1CCCN1)C(=O)N(c1ccccc1)[C@@H](CCCNC(=N)N)C(=O)O.Cc1ccc(/C=C\C(N)=O)c(O)c1. The van der Waals surface area contributed by atoms with E-state index in [1.165, 1.54) is 17.1 Å². The number of aromatic hydroxyl groups is 1. The van der Waals surface area contributed by atoms with Gasteiger partial charge in [-0.2, -0.15) is 0 Å². The molecule has 1 fully saturated rings. The number of hydrogen-bond donors (Lipinski definition) is 8. The molecule has 43 heavy (non-hydrogen) atoms. The first kappa shape index (κ1) is 34.3. The van der Waals surface area contributed by atoms with E-state index < -0.39 is 29.9 Å². The van der Waals surface area contributed by atoms with Gasteiger partial charge in [0.05, 0.1) is 6.04 Å². The van der Waals surface area contributed by atoms with E-state index in [0.29, 0.717) is 30.6 Å². The molecule has 0 saturated carbocycles. The second kappa shape index (κ2) is 17.1. The van der Waals surface area contributed by atoms with Gasteiger partial charge in [-0.3, -0.25) is 24.7 Å². The van der Waals surface area contributed by atoms with Gasteiger partial charge in [-0.05, 0) is 75.9 Å². The van der Waals surface area contributed by atoms with Gasteiger partial charge in [-0.25, -0.2) is 4.79 Å². The van der Waals surface area contributed by atoms with Crippen molar-refractivity contribution in [3.05, 3.63) is 65.7 Å². The molecule has 3 atom stereocenters. The first-order valence-corrected chi connectivity index (χ1v) is 13.9. The molecule has 2 aromatic rings. The van der Waals surface area contributed by atoms with Crippen LogP contribution in [0.15, 0.2) is 54.6 Å². The number of phenols is 1. The molecule has 1 heterocycles. The summed E-state index contributed by atoms with van der Waals surface area (Å²) in [6.07, 6.45) is 4.84. The van der Waals surface area contributed by atoms with E-state index in [1.807, 2.05) is 13.0 Å². The number of nitrogens with one attached hydrogen (secondary N) is 4. The van der Waals surface area contributed by atoms with Crippen molar-refractivity contribution in [1.82, 2.24) is 16.0 Å². The summed E-state index contributed by atoms with van der Waals surface area (Å²) in [5.74, 6) is -2.49. The van der Waals surface area contributed by atoms with Gasteiger partial charge in [-0.1, -0.05) is 30.3 Å². The number of carboxylic acid groups (broad SMARTS) is 1. The summed E-state index contributed by atoms with van der Waals surface area (Å²) in [5.41, 5.74) is 12.2. The van der Waals surface area contributed by atoms with Crippen LogP contribution in [-0.4, -0.2) is 71.1 Å². The molecule has 232 valence electrons. The number of guanidine groups is 1. The lowest BCUT2D eigenvalue weighted by Crippen LogP contribution is -2.55. The van der Waals surface area contributed by atoms with Gasteiger partial charge >= 0.3 is 5.97 Å². The average Bonchev–Trinajstić information content (AvgIpc) is 3.50. The minimum atomic E-state index is -1.15. The van der Waals surface area contributed by atoms with E-state index in [9.17, 15) is 29.4 Å². The molecule has 2 aromatic carbocycles. The Morgan fingerprint density at radius 2 is 1.86 bits per heavy atom. The van der Waals surface area contributed by atoms with Gasteiger partial charge in [0.1, 0.15) is 17.8 Å². The Morgan fingerprint density at radius 1 is 1.16 bits per heavy atom. The highest BCUT2D eigenvalue weighted by atomic mass is 16.4. The Hall–Kier alpha value is -4.91. The summed E-state index contributed by atoms with van der Waals surface area (Å²) in [6, 6.07) is 11.4. The fourth-order valence-electron chi connectivity index (χ4n) is 4.39. The number of carboxylic acids is 1. The zero-order valence-electron chi connectivity index (χ0n) is 24.4. The van der Waals surface area contributed by atoms with Crippen LogP contribution in [0.25, 0.3) is 6.08 Å². The molecule has 0 aromatic heterocycles. The quantitative estimate of drug-likeness (QED) is 0.0762. The van der Waals surface area contributed by atoms with Crippen LogP contribution in [0.5, 0.6) is 5.75 Å². The van der Waals surface area contributed by atoms with Crippen LogP contribution in [-0.2, 0) is 19.2 Å². The van der Waals surface area contributed by atoms with Crippen LogP contribution in [0.4, 0.5) is 5.69 Å². The zero-order valence-corrected chi connectivity index (χ0v) is 24.4. The number of nitrogens with two attached hydrogens (primary N) is 2. The van der Waals surface area contributed by atoms with Gasteiger partial charge < -0.3 is 37.6 Å². The fourth-order valence-corrected chi connectivity index (χ4v) is 4.39. The molecule has 3 rings (SSSR count). The summed E-state index contributed by atoms with van der Waals surface area (Å²) in [5, 5.41) is 34.8. The number of hydrogen-bond acceptors (Lipinski definition) is 7. The summed E-state index contributed by atoms with van der Waals surface area (Å²) >= 11 is 0. The monoisotopic (exact) mass is 595 g/mol. The largest absolute Gasteiger partial charge is 0.507 e. The predicted molar refractivity (Wildman–Crippen MR) is 164 cm³/mol. The lowest BCUT2D eigenvalue weighted by Gasteiger charge is -2.32. The molecule has 3 amide bonds.